The monoisotopic (exact) mass is 179 g/mol. The fourth-order valence-corrected chi connectivity index (χ4v) is 2.30. The van der Waals surface area contributed by atoms with Gasteiger partial charge in [0, 0.05) is 5.54 Å². The molecular formula is C7H14ClNO2. The molecule has 0 aliphatic heterocycles. The van der Waals surface area contributed by atoms with Crippen molar-refractivity contribution in [2.75, 3.05) is 0 Å². The highest BCUT2D eigenvalue weighted by molar-refractivity contribution is 5.85. The number of aliphatic hydroxyl groups excluding tert-OH is 2. The molecule has 2 saturated carbocycles. The molecule has 2 rings (SSSR count). The normalized spacial score (nSPS) is 54.3. The number of halogens is 1. The minimum atomic E-state index is -0.675. The molecule has 0 spiro atoms. The zero-order valence-electron chi connectivity index (χ0n) is 6.23. The summed E-state index contributed by atoms with van der Waals surface area (Å²) in [6, 6.07) is 0. The number of nitrogens with two attached hydrogens (primary N) is 1. The van der Waals surface area contributed by atoms with Crippen LogP contribution in [0, 0.1) is 5.92 Å². The molecule has 2 unspecified atom stereocenters. The van der Waals surface area contributed by atoms with Crippen molar-refractivity contribution >= 4 is 12.4 Å². The SMILES string of the molecule is Cl.NC12CCC(C1)[C@H](O)[C@@H]2O. The maximum absolute atomic E-state index is 9.37. The predicted octanol–water partition coefficient (Wildman–Crippen LogP) is -0.359. The van der Waals surface area contributed by atoms with Gasteiger partial charge in [-0.1, -0.05) is 0 Å². The molecule has 4 heteroatoms. The molecule has 2 fully saturated rings. The van der Waals surface area contributed by atoms with Crippen LogP contribution in [0.15, 0.2) is 0 Å². The van der Waals surface area contributed by atoms with Crippen molar-refractivity contribution in [1.82, 2.24) is 0 Å². The van der Waals surface area contributed by atoms with Gasteiger partial charge in [-0.2, -0.15) is 0 Å². The Morgan fingerprint density at radius 2 is 2.00 bits per heavy atom. The first-order chi connectivity index (χ1) is 4.63. The molecule has 0 aromatic carbocycles. The van der Waals surface area contributed by atoms with Crippen LogP contribution >= 0.6 is 12.4 Å². The van der Waals surface area contributed by atoms with E-state index in [1.54, 1.807) is 0 Å². The summed E-state index contributed by atoms with van der Waals surface area (Å²) in [5.74, 6) is 0.264. The molecule has 0 heterocycles. The van der Waals surface area contributed by atoms with Gasteiger partial charge in [0.05, 0.1) is 12.2 Å². The Morgan fingerprint density at radius 1 is 1.36 bits per heavy atom. The first-order valence-corrected chi connectivity index (χ1v) is 3.78. The van der Waals surface area contributed by atoms with E-state index in [2.05, 4.69) is 0 Å². The van der Waals surface area contributed by atoms with Crippen molar-refractivity contribution in [2.24, 2.45) is 11.7 Å². The molecule has 11 heavy (non-hydrogen) atoms. The van der Waals surface area contributed by atoms with E-state index < -0.39 is 17.7 Å². The first-order valence-electron chi connectivity index (χ1n) is 3.78. The Labute approximate surface area is 72.0 Å². The third-order valence-electron chi connectivity index (χ3n) is 3.02. The predicted molar refractivity (Wildman–Crippen MR) is 43.5 cm³/mol. The highest BCUT2D eigenvalue weighted by Gasteiger charge is 2.54. The van der Waals surface area contributed by atoms with Crippen LogP contribution in [-0.2, 0) is 0 Å². The summed E-state index contributed by atoms with van der Waals surface area (Å²) in [5.41, 5.74) is 5.37. The van der Waals surface area contributed by atoms with Crippen LogP contribution in [0.2, 0.25) is 0 Å². The van der Waals surface area contributed by atoms with Crippen molar-refractivity contribution in [3.05, 3.63) is 0 Å². The summed E-state index contributed by atoms with van der Waals surface area (Å²) < 4.78 is 0. The molecule has 2 aliphatic carbocycles. The number of rotatable bonds is 0. The molecule has 0 saturated heterocycles. The summed E-state index contributed by atoms with van der Waals surface area (Å²) in [6.07, 6.45) is 1.42. The van der Waals surface area contributed by atoms with Gasteiger partial charge >= 0.3 is 0 Å². The number of fused-ring (bicyclic) bond motifs is 2. The lowest BCUT2D eigenvalue weighted by Crippen LogP contribution is -2.50. The summed E-state index contributed by atoms with van der Waals surface area (Å²) in [6.45, 7) is 0. The van der Waals surface area contributed by atoms with Crippen LogP contribution in [0.3, 0.4) is 0 Å². The highest BCUT2D eigenvalue weighted by Crippen LogP contribution is 2.46. The van der Waals surface area contributed by atoms with Gasteiger partial charge in [-0.05, 0) is 25.2 Å². The third kappa shape index (κ3) is 1.07. The van der Waals surface area contributed by atoms with Gasteiger partial charge in [-0.15, -0.1) is 12.4 Å². The molecule has 2 aliphatic rings. The van der Waals surface area contributed by atoms with Gasteiger partial charge in [-0.3, -0.25) is 0 Å². The number of hydrogen-bond acceptors (Lipinski definition) is 3. The van der Waals surface area contributed by atoms with E-state index >= 15 is 0 Å². The standard InChI is InChI=1S/C7H13NO2.ClH/c8-7-2-1-4(3-7)5(9)6(7)10;/h4-6,9-10H,1-3,8H2;1H/t4?,5-,6-,7?;/m0./s1. The lowest BCUT2D eigenvalue weighted by molar-refractivity contribution is -0.0244. The topological polar surface area (TPSA) is 66.5 Å². The lowest BCUT2D eigenvalue weighted by atomic mass is 9.90. The molecule has 2 bridgehead atoms. The zero-order valence-corrected chi connectivity index (χ0v) is 7.05. The summed E-state index contributed by atoms with van der Waals surface area (Å²) >= 11 is 0. The Kier molecular flexibility index (Phi) is 2.18. The summed E-state index contributed by atoms with van der Waals surface area (Å²) in [7, 11) is 0. The number of hydrogen-bond donors (Lipinski definition) is 3. The van der Waals surface area contributed by atoms with E-state index in [4.69, 9.17) is 5.73 Å². The lowest BCUT2D eigenvalue weighted by Gasteiger charge is -2.29. The minimum Gasteiger partial charge on any atom is -0.390 e. The van der Waals surface area contributed by atoms with E-state index in [-0.39, 0.29) is 18.3 Å². The van der Waals surface area contributed by atoms with E-state index in [0.29, 0.717) is 0 Å². The van der Waals surface area contributed by atoms with Gasteiger partial charge < -0.3 is 15.9 Å². The van der Waals surface area contributed by atoms with Crippen molar-refractivity contribution in [2.45, 2.75) is 37.0 Å². The number of aliphatic hydroxyl groups is 2. The second-order valence-corrected chi connectivity index (χ2v) is 3.67. The minimum absolute atomic E-state index is 0. The average molecular weight is 180 g/mol. The zero-order chi connectivity index (χ0) is 7.35. The average Bonchev–Trinajstić information content (AvgIpc) is 2.35. The third-order valence-corrected chi connectivity index (χ3v) is 3.02. The van der Waals surface area contributed by atoms with Crippen molar-refractivity contribution in [3.8, 4) is 0 Å². The molecule has 3 nitrogen and oxygen atoms in total. The maximum atomic E-state index is 9.37. The van der Waals surface area contributed by atoms with Crippen LogP contribution in [0.4, 0.5) is 0 Å². The largest absolute Gasteiger partial charge is 0.390 e. The molecule has 0 aromatic heterocycles. The van der Waals surface area contributed by atoms with Crippen molar-refractivity contribution in [3.63, 3.8) is 0 Å². The van der Waals surface area contributed by atoms with E-state index in [0.717, 1.165) is 19.3 Å². The highest BCUT2D eigenvalue weighted by atomic mass is 35.5. The summed E-state index contributed by atoms with van der Waals surface area (Å²) in [4.78, 5) is 0. The molecule has 4 N–H and O–H groups in total. The fraction of sp³-hybridized carbons (Fsp3) is 1.00. The van der Waals surface area contributed by atoms with E-state index in [1.807, 2.05) is 0 Å². The van der Waals surface area contributed by atoms with Gasteiger partial charge in [-0.25, -0.2) is 0 Å². The maximum Gasteiger partial charge on any atom is 0.0980 e. The van der Waals surface area contributed by atoms with Crippen molar-refractivity contribution < 1.29 is 10.2 Å². The van der Waals surface area contributed by atoms with E-state index in [9.17, 15) is 10.2 Å². The second-order valence-electron chi connectivity index (χ2n) is 3.67. The Balaban J connectivity index is 0.000000605. The molecule has 66 valence electrons. The molecule has 0 aromatic rings. The Bertz CT molecular complexity index is 167. The Hall–Kier alpha value is 0.170. The first kappa shape index (κ1) is 9.26. The molecule has 0 amide bonds. The molecule has 0 radical (unpaired) electrons. The van der Waals surface area contributed by atoms with Crippen LogP contribution in [0.25, 0.3) is 0 Å². The van der Waals surface area contributed by atoms with Gasteiger partial charge in [0.15, 0.2) is 0 Å². The quantitative estimate of drug-likeness (QED) is 0.476. The smallest absolute Gasteiger partial charge is 0.0980 e. The van der Waals surface area contributed by atoms with Crippen molar-refractivity contribution in [1.29, 1.82) is 0 Å². The van der Waals surface area contributed by atoms with Crippen LogP contribution in [0.5, 0.6) is 0 Å². The Morgan fingerprint density at radius 3 is 2.27 bits per heavy atom. The summed E-state index contributed by atoms with van der Waals surface area (Å²) in [5, 5.41) is 18.7. The van der Waals surface area contributed by atoms with Crippen LogP contribution in [-0.4, -0.2) is 28.0 Å². The fourth-order valence-electron chi connectivity index (χ4n) is 2.30. The van der Waals surface area contributed by atoms with Gasteiger partial charge in [0.2, 0.25) is 0 Å². The van der Waals surface area contributed by atoms with Gasteiger partial charge in [0.1, 0.15) is 0 Å². The van der Waals surface area contributed by atoms with E-state index in [1.165, 1.54) is 0 Å². The molecule has 4 atom stereocenters. The van der Waals surface area contributed by atoms with Gasteiger partial charge in [0.25, 0.3) is 0 Å². The van der Waals surface area contributed by atoms with Crippen LogP contribution < -0.4 is 5.73 Å². The van der Waals surface area contributed by atoms with Crippen LogP contribution in [0.1, 0.15) is 19.3 Å². The molecular weight excluding hydrogens is 166 g/mol. The second kappa shape index (κ2) is 2.59.